The Morgan fingerprint density at radius 2 is 2.18 bits per heavy atom. The van der Waals surface area contributed by atoms with Crippen LogP contribution in [0.2, 0.25) is 0 Å². The fourth-order valence-electron chi connectivity index (χ4n) is 4.81. The van der Waals surface area contributed by atoms with Crippen molar-refractivity contribution in [1.82, 2.24) is 10.3 Å². The van der Waals surface area contributed by atoms with Crippen molar-refractivity contribution in [1.29, 1.82) is 0 Å². The molecule has 0 spiro atoms. The van der Waals surface area contributed by atoms with E-state index in [0.29, 0.717) is 17.2 Å². The monoisotopic (exact) mass is 465 g/mol. The Morgan fingerprint density at radius 1 is 1.36 bits per heavy atom. The van der Waals surface area contributed by atoms with E-state index in [1.165, 1.54) is 11.3 Å². The number of fused-ring (bicyclic) bond motifs is 2. The lowest BCUT2D eigenvalue weighted by molar-refractivity contribution is 0.0920. The molecule has 7 nitrogen and oxygen atoms in total. The van der Waals surface area contributed by atoms with Crippen LogP contribution in [-0.4, -0.2) is 42.7 Å². The van der Waals surface area contributed by atoms with Crippen LogP contribution in [0.15, 0.2) is 30.3 Å². The molecule has 1 saturated heterocycles. The number of hydrogen-bond acceptors (Lipinski definition) is 7. The summed E-state index contributed by atoms with van der Waals surface area (Å²) in [5.74, 6) is 0.712. The second kappa shape index (κ2) is 8.18. The molecule has 3 aromatic rings. The zero-order chi connectivity index (χ0) is 23.3. The van der Waals surface area contributed by atoms with E-state index in [4.69, 9.17) is 16.2 Å². The van der Waals surface area contributed by atoms with Crippen LogP contribution in [-0.2, 0) is 6.42 Å². The smallest absolute Gasteiger partial charge is 0.263 e. The summed E-state index contributed by atoms with van der Waals surface area (Å²) in [6, 6.07) is 10.2. The molecule has 1 amide bonds. The molecule has 174 valence electrons. The third-order valence-electron chi connectivity index (χ3n) is 7.27. The topological polar surface area (TPSA) is 106 Å². The number of benzene rings is 1. The number of nitrogen functional groups attached to an aromatic ring is 1. The minimum atomic E-state index is -0.174. The van der Waals surface area contributed by atoms with E-state index in [9.17, 15) is 4.79 Å². The van der Waals surface area contributed by atoms with E-state index in [2.05, 4.69) is 47.2 Å². The van der Waals surface area contributed by atoms with Crippen molar-refractivity contribution >= 4 is 38.8 Å². The third kappa shape index (κ3) is 3.91. The zero-order valence-corrected chi connectivity index (χ0v) is 20.2. The van der Waals surface area contributed by atoms with Crippen LogP contribution in [0.4, 0.5) is 11.4 Å². The van der Waals surface area contributed by atoms with Gasteiger partial charge in [-0.2, -0.15) is 0 Å². The van der Waals surface area contributed by atoms with Crippen LogP contribution in [0.25, 0.3) is 10.2 Å². The van der Waals surface area contributed by atoms with Gasteiger partial charge in [0, 0.05) is 47.4 Å². The quantitative estimate of drug-likeness (QED) is 0.545. The Hall–Kier alpha value is -2.84. The molecule has 8 heteroatoms. The molecule has 0 saturated carbocycles. The lowest BCUT2D eigenvalue weighted by Crippen LogP contribution is -2.42. The summed E-state index contributed by atoms with van der Waals surface area (Å²) < 4.78 is 6.07. The van der Waals surface area contributed by atoms with E-state index in [0.717, 1.165) is 58.8 Å². The lowest BCUT2D eigenvalue weighted by Gasteiger charge is -2.28. The highest BCUT2D eigenvalue weighted by atomic mass is 32.1. The molecule has 1 fully saturated rings. The van der Waals surface area contributed by atoms with Crippen LogP contribution in [0.3, 0.4) is 0 Å². The number of nitrogens with zero attached hydrogens (tertiary/aromatic N) is 2. The van der Waals surface area contributed by atoms with Crippen molar-refractivity contribution in [2.45, 2.75) is 45.7 Å². The van der Waals surface area contributed by atoms with Gasteiger partial charge < -0.3 is 26.4 Å². The van der Waals surface area contributed by atoms with Crippen molar-refractivity contribution in [2.75, 3.05) is 30.3 Å². The fourth-order valence-corrected chi connectivity index (χ4v) is 5.85. The SMILES string of the molecule is CC[C@]1(C)CN(c2ccc3c(c2)OC[C@H](NC(=O)c2sc4nc(C)ccc4c2N)C3)C[C@H]1N. The van der Waals surface area contributed by atoms with Gasteiger partial charge in [0.25, 0.3) is 5.91 Å². The van der Waals surface area contributed by atoms with E-state index >= 15 is 0 Å². The molecule has 1 aromatic carbocycles. The molecule has 2 aliphatic rings. The molecule has 2 aliphatic heterocycles. The first-order valence-corrected chi connectivity index (χ1v) is 12.3. The van der Waals surface area contributed by atoms with Gasteiger partial charge in [-0.15, -0.1) is 11.3 Å². The number of carbonyl (C=O) groups is 1. The molecular weight excluding hydrogens is 434 g/mol. The standard InChI is InChI=1S/C25H31N5O2S/c1-4-25(3)13-30(11-20(25)26)17-7-6-15-9-16(12-32-19(15)10-17)29-23(31)22-21(27)18-8-5-14(2)28-24(18)33-22/h5-8,10,16,20H,4,9,11-13,26-27H2,1-3H3,(H,29,31)/t16-,20-,25-/m1/s1. The van der Waals surface area contributed by atoms with E-state index < -0.39 is 0 Å². The molecule has 0 aliphatic carbocycles. The van der Waals surface area contributed by atoms with Gasteiger partial charge in [-0.3, -0.25) is 4.79 Å². The summed E-state index contributed by atoms with van der Waals surface area (Å²) >= 11 is 1.33. The van der Waals surface area contributed by atoms with E-state index in [1.54, 1.807) is 0 Å². The Balaban J connectivity index is 1.28. The van der Waals surface area contributed by atoms with Crippen molar-refractivity contribution in [3.63, 3.8) is 0 Å². The third-order valence-corrected chi connectivity index (χ3v) is 8.38. The zero-order valence-electron chi connectivity index (χ0n) is 19.4. The van der Waals surface area contributed by atoms with Crippen molar-refractivity contribution in [3.8, 4) is 5.75 Å². The molecule has 5 N–H and O–H groups in total. The number of hydrogen-bond donors (Lipinski definition) is 3. The Bertz CT molecular complexity index is 1220. The maximum atomic E-state index is 13.0. The Morgan fingerprint density at radius 3 is 2.94 bits per heavy atom. The molecular formula is C25H31N5O2S. The predicted molar refractivity (Wildman–Crippen MR) is 134 cm³/mol. The average Bonchev–Trinajstić information content (AvgIpc) is 3.29. The number of carbonyl (C=O) groups excluding carboxylic acids is 1. The van der Waals surface area contributed by atoms with Crippen LogP contribution >= 0.6 is 11.3 Å². The number of nitrogens with one attached hydrogen (secondary N) is 1. The number of ether oxygens (including phenoxy) is 1. The number of amides is 1. The van der Waals surface area contributed by atoms with Gasteiger partial charge >= 0.3 is 0 Å². The van der Waals surface area contributed by atoms with Crippen LogP contribution < -0.4 is 26.4 Å². The molecule has 0 unspecified atom stereocenters. The second-order valence-corrected chi connectivity index (χ2v) is 10.6. The summed E-state index contributed by atoms with van der Waals surface area (Å²) in [4.78, 5) is 21.1. The maximum absolute atomic E-state index is 13.0. The molecule has 33 heavy (non-hydrogen) atoms. The molecule has 0 radical (unpaired) electrons. The number of pyridine rings is 1. The fraction of sp³-hybridized carbons (Fsp3) is 0.440. The first-order chi connectivity index (χ1) is 15.8. The predicted octanol–water partition coefficient (Wildman–Crippen LogP) is 3.48. The maximum Gasteiger partial charge on any atom is 0.263 e. The average molecular weight is 466 g/mol. The summed E-state index contributed by atoms with van der Waals surface area (Å²) in [6.45, 7) is 8.63. The molecule has 0 bridgehead atoms. The molecule has 3 atom stereocenters. The minimum Gasteiger partial charge on any atom is -0.491 e. The number of aryl methyl sites for hydroxylation is 1. The number of thiophene rings is 1. The number of aromatic nitrogens is 1. The highest BCUT2D eigenvalue weighted by Crippen LogP contribution is 2.38. The number of rotatable bonds is 4. The van der Waals surface area contributed by atoms with Gasteiger partial charge in [0.15, 0.2) is 0 Å². The largest absolute Gasteiger partial charge is 0.491 e. The number of anilines is 2. The summed E-state index contributed by atoms with van der Waals surface area (Å²) in [6.07, 6.45) is 1.78. The van der Waals surface area contributed by atoms with Crippen molar-refractivity contribution in [2.24, 2.45) is 11.1 Å². The van der Waals surface area contributed by atoms with Crippen LogP contribution in [0, 0.1) is 12.3 Å². The molecule has 5 rings (SSSR count). The lowest BCUT2D eigenvalue weighted by atomic mass is 9.83. The summed E-state index contributed by atoms with van der Waals surface area (Å²) in [5, 5.41) is 3.93. The van der Waals surface area contributed by atoms with Gasteiger partial charge in [-0.1, -0.05) is 19.9 Å². The van der Waals surface area contributed by atoms with Gasteiger partial charge in [-0.25, -0.2) is 4.98 Å². The first-order valence-electron chi connectivity index (χ1n) is 11.5. The highest BCUT2D eigenvalue weighted by Gasteiger charge is 2.39. The van der Waals surface area contributed by atoms with Gasteiger partial charge in [-0.05, 0) is 43.5 Å². The summed E-state index contributed by atoms with van der Waals surface area (Å²) in [7, 11) is 0. The summed E-state index contributed by atoms with van der Waals surface area (Å²) in [5.41, 5.74) is 16.4. The van der Waals surface area contributed by atoms with Gasteiger partial charge in [0.05, 0.1) is 11.7 Å². The van der Waals surface area contributed by atoms with Crippen molar-refractivity contribution < 1.29 is 9.53 Å². The number of nitrogens with two attached hydrogens (primary N) is 2. The van der Waals surface area contributed by atoms with Gasteiger partial charge in [0.1, 0.15) is 22.1 Å². The normalized spacial score (nSPS) is 24.5. The molecule has 2 aromatic heterocycles. The highest BCUT2D eigenvalue weighted by molar-refractivity contribution is 7.21. The molecule has 4 heterocycles. The Labute approximate surface area is 198 Å². The van der Waals surface area contributed by atoms with Crippen LogP contribution in [0.1, 0.15) is 41.2 Å². The Kier molecular flexibility index (Phi) is 5.45. The van der Waals surface area contributed by atoms with Crippen molar-refractivity contribution in [3.05, 3.63) is 46.5 Å². The van der Waals surface area contributed by atoms with E-state index in [-0.39, 0.29) is 23.4 Å². The second-order valence-electron chi connectivity index (χ2n) is 9.62. The van der Waals surface area contributed by atoms with E-state index in [1.807, 2.05) is 19.1 Å². The minimum absolute atomic E-state index is 0.112. The first kappa shape index (κ1) is 22.0. The van der Waals surface area contributed by atoms with Crippen LogP contribution in [0.5, 0.6) is 5.75 Å². The van der Waals surface area contributed by atoms with Gasteiger partial charge in [0.2, 0.25) is 0 Å².